The lowest BCUT2D eigenvalue weighted by atomic mass is 10.1. The van der Waals surface area contributed by atoms with Gasteiger partial charge in [-0.1, -0.05) is 30.3 Å². The molecule has 4 rings (SSSR count). The summed E-state index contributed by atoms with van der Waals surface area (Å²) in [6.45, 7) is 3.02. The Kier molecular flexibility index (Phi) is 4.66. The summed E-state index contributed by atoms with van der Waals surface area (Å²) in [5.74, 6) is 0.0765. The van der Waals surface area contributed by atoms with Crippen molar-refractivity contribution in [3.63, 3.8) is 0 Å². The monoisotopic (exact) mass is 373 g/mol. The van der Waals surface area contributed by atoms with E-state index in [1.807, 2.05) is 60.4 Å². The number of thiophene rings is 1. The predicted octanol–water partition coefficient (Wildman–Crippen LogP) is 4.60. The summed E-state index contributed by atoms with van der Waals surface area (Å²) in [6, 6.07) is 20.2. The van der Waals surface area contributed by atoms with Crippen molar-refractivity contribution in [3.05, 3.63) is 70.6 Å². The number of anilines is 2. The average Bonchev–Trinajstić information content (AvgIpc) is 3.34. The van der Waals surface area contributed by atoms with Crippen LogP contribution < -0.4 is 10.2 Å². The zero-order chi connectivity index (χ0) is 18.8. The number of carbonyl (C=O) groups is 1. The molecule has 0 radical (unpaired) electrons. The van der Waals surface area contributed by atoms with Gasteiger partial charge in [0.15, 0.2) is 0 Å². The Bertz CT molecular complexity index is 1050. The number of fused-ring (bicyclic) bond motifs is 1. The fourth-order valence-corrected chi connectivity index (χ4v) is 4.18. The number of hydrogen-bond acceptors (Lipinski definition) is 4. The number of nitriles is 1. The number of benzene rings is 2. The van der Waals surface area contributed by atoms with Crippen LogP contribution in [-0.2, 0) is 11.2 Å². The quantitative estimate of drug-likeness (QED) is 0.727. The zero-order valence-electron chi connectivity index (χ0n) is 15.0. The number of aryl methyl sites for hydroxylation is 1. The minimum Gasteiger partial charge on any atom is -0.376 e. The largest absolute Gasteiger partial charge is 0.376 e. The van der Waals surface area contributed by atoms with Crippen molar-refractivity contribution < 1.29 is 4.79 Å². The van der Waals surface area contributed by atoms with Gasteiger partial charge in [0.2, 0.25) is 5.91 Å². The first kappa shape index (κ1) is 17.3. The second-order valence-electron chi connectivity index (χ2n) is 6.58. The summed E-state index contributed by atoms with van der Waals surface area (Å²) in [5.41, 5.74) is 5.34. The van der Waals surface area contributed by atoms with Gasteiger partial charge in [0, 0.05) is 22.8 Å². The number of nitrogens with zero attached hydrogens (tertiary/aromatic N) is 2. The Morgan fingerprint density at radius 3 is 2.89 bits per heavy atom. The first-order valence-corrected chi connectivity index (χ1v) is 9.70. The van der Waals surface area contributed by atoms with Gasteiger partial charge in [0.25, 0.3) is 0 Å². The van der Waals surface area contributed by atoms with E-state index in [9.17, 15) is 4.79 Å². The predicted molar refractivity (Wildman–Crippen MR) is 110 cm³/mol. The molecule has 0 aliphatic carbocycles. The van der Waals surface area contributed by atoms with E-state index in [-0.39, 0.29) is 12.5 Å². The summed E-state index contributed by atoms with van der Waals surface area (Å²) < 4.78 is 0. The molecule has 2 aromatic carbocycles. The van der Waals surface area contributed by atoms with Gasteiger partial charge in [0.1, 0.15) is 10.9 Å². The number of para-hydroxylation sites is 1. The fraction of sp³-hybridized carbons (Fsp3) is 0.182. The number of nitrogens with one attached hydrogen (secondary N) is 1. The summed E-state index contributed by atoms with van der Waals surface area (Å²) in [6.07, 6.45) is 0.913. The molecule has 0 bridgehead atoms. The van der Waals surface area contributed by atoms with Crippen LogP contribution in [0.5, 0.6) is 0 Å². The number of rotatable bonds is 4. The molecule has 27 heavy (non-hydrogen) atoms. The molecule has 3 aromatic rings. The summed E-state index contributed by atoms with van der Waals surface area (Å²) in [5, 5.41) is 12.3. The van der Waals surface area contributed by atoms with Gasteiger partial charge in [-0.3, -0.25) is 4.79 Å². The van der Waals surface area contributed by atoms with Gasteiger partial charge in [-0.15, -0.1) is 11.3 Å². The normalized spacial score (nSPS) is 12.5. The molecule has 1 aliphatic rings. The van der Waals surface area contributed by atoms with E-state index in [4.69, 9.17) is 5.26 Å². The Labute approximate surface area is 162 Å². The summed E-state index contributed by atoms with van der Waals surface area (Å²) >= 11 is 1.47. The highest BCUT2D eigenvalue weighted by atomic mass is 32.1. The molecule has 2 heterocycles. The Hall–Kier alpha value is -3.10. The molecule has 4 nitrogen and oxygen atoms in total. The molecular formula is C22H19N3OS. The molecule has 0 unspecified atom stereocenters. The first-order chi connectivity index (χ1) is 13.2. The van der Waals surface area contributed by atoms with Gasteiger partial charge in [-0.25, -0.2) is 0 Å². The Morgan fingerprint density at radius 1 is 1.22 bits per heavy atom. The zero-order valence-corrected chi connectivity index (χ0v) is 15.8. The van der Waals surface area contributed by atoms with Gasteiger partial charge >= 0.3 is 0 Å². The van der Waals surface area contributed by atoms with Crippen molar-refractivity contribution in [2.75, 3.05) is 23.3 Å². The van der Waals surface area contributed by atoms with E-state index in [1.165, 1.54) is 16.9 Å². The highest BCUT2D eigenvalue weighted by Crippen LogP contribution is 2.31. The van der Waals surface area contributed by atoms with Crippen molar-refractivity contribution in [1.82, 2.24) is 0 Å². The molecule has 1 N–H and O–H groups in total. The maximum absolute atomic E-state index is 12.7. The fourth-order valence-electron chi connectivity index (χ4n) is 3.38. The van der Waals surface area contributed by atoms with Crippen molar-refractivity contribution in [3.8, 4) is 16.5 Å². The maximum atomic E-state index is 12.7. The minimum atomic E-state index is 0.0765. The SMILES string of the molecule is Cc1ccc(-c2ccc(C#N)s2)cc1NCC(=O)N1CCc2ccccc21. The maximum Gasteiger partial charge on any atom is 0.246 e. The van der Waals surface area contributed by atoms with Crippen LogP contribution in [0.2, 0.25) is 0 Å². The minimum absolute atomic E-state index is 0.0765. The van der Waals surface area contributed by atoms with E-state index < -0.39 is 0 Å². The molecule has 5 heteroatoms. The molecule has 1 aromatic heterocycles. The lowest BCUT2D eigenvalue weighted by Crippen LogP contribution is -2.34. The van der Waals surface area contributed by atoms with E-state index in [0.29, 0.717) is 4.88 Å². The summed E-state index contributed by atoms with van der Waals surface area (Å²) in [4.78, 5) is 16.3. The third-order valence-electron chi connectivity index (χ3n) is 4.86. The van der Waals surface area contributed by atoms with Crippen LogP contribution in [0, 0.1) is 18.3 Å². The van der Waals surface area contributed by atoms with Crippen molar-refractivity contribution in [2.24, 2.45) is 0 Å². The summed E-state index contributed by atoms with van der Waals surface area (Å²) in [7, 11) is 0. The third kappa shape index (κ3) is 3.44. The van der Waals surface area contributed by atoms with Crippen LogP contribution in [0.15, 0.2) is 54.6 Å². The molecule has 1 amide bonds. The van der Waals surface area contributed by atoms with Crippen LogP contribution in [0.25, 0.3) is 10.4 Å². The van der Waals surface area contributed by atoms with Crippen LogP contribution in [0.1, 0.15) is 16.0 Å². The molecule has 0 saturated carbocycles. The highest BCUT2D eigenvalue weighted by Gasteiger charge is 2.23. The lowest BCUT2D eigenvalue weighted by molar-refractivity contribution is -0.116. The van der Waals surface area contributed by atoms with Gasteiger partial charge in [-0.2, -0.15) is 5.26 Å². The van der Waals surface area contributed by atoms with Gasteiger partial charge in [-0.05, 0) is 54.3 Å². The average molecular weight is 373 g/mol. The van der Waals surface area contributed by atoms with Gasteiger partial charge in [0.05, 0.1) is 6.54 Å². The molecule has 134 valence electrons. The molecule has 0 fully saturated rings. The van der Waals surface area contributed by atoms with Crippen LogP contribution in [-0.4, -0.2) is 19.0 Å². The van der Waals surface area contributed by atoms with Crippen molar-refractivity contribution >= 4 is 28.6 Å². The highest BCUT2D eigenvalue weighted by molar-refractivity contribution is 7.16. The molecule has 0 saturated heterocycles. The second-order valence-corrected chi connectivity index (χ2v) is 7.67. The Balaban J connectivity index is 1.49. The van der Waals surface area contributed by atoms with Gasteiger partial charge < -0.3 is 10.2 Å². The molecular weight excluding hydrogens is 354 g/mol. The topological polar surface area (TPSA) is 56.1 Å². The first-order valence-electron chi connectivity index (χ1n) is 8.89. The Morgan fingerprint density at radius 2 is 2.07 bits per heavy atom. The standard InChI is InChI=1S/C22H19N3OS/c1-15-6-7-17(21-9-8-18(13-23)27-21)12-19(15)24-14-22(26)25-11-10-16-4-2-3-5-20(16)25/h2-9,12,24H,10-11,14H2,1H3. The molecule has 0 spiro atoms. The third-order valence-corrected chi connectivity index (χ3v) is 5.90. The molecule has 1 aliphatic heterocycles. The van der Waals surface area contributed by atoms with E-state index in [0.717, 1.165) is 40.3 Å². The van der Waals surface area contributed by atoms with Crippen molar-refractivity contribution in [2.45, 2.75) is 13.3 Å². The number of hydrogen-bond donors (Lipinski definition) is 1. The van der Waals surface area contributed by atoms with Crippen LogP contribution >= 0.6 is 11.3 Å². The van der Waals surface area contributed by atoms with E-state index in [1.54, 1.807) is 0 Å². The molecule has 0 atom stereocenters. The van der Waals surface area contributed by atoms with E-state index in [2.05, 4.69) is 17.5 Å². The lowest BCUT2D eigenvalue weighted by Gasteiger charge is -2.19. The smallest absolute Gasteiger partial charge is 0.246 e. The van der Waals surface area contributed by atoms with Crippen molar-refractivity contribution in [1.29, 1.82) is 5.26 Å². The van der Waals surface area contributed by atoms with E-state index >= 15 is 0 Å². The van der Waals surface area contributed by atoms with Crippen LogP contribution in [0.4, 0.5) is 11.4 Å². The number of carbonyl (C=O) groups excluding carboxylic acids is 1. The van der Waals surface area contributed by atoms with Crippen LogP contribution in [0.3, 0.4) is 0 Å². The second kappa shape index (κ2) is 7.26. The number of amides is 1.